The van der Waals surface area contributed by atoms with Crippen molar-refractivity contribution in [3.05, 3.63) is 105 Å². The highest BCUT2D eigenvalue weighted by atomic mass is 32.2. The fraction of sp³-hybridized carbons (Fsp3) is 0.0400. The van der Waals surface area contributed by atoms with E-state index in [4.69, 9.17) is 4.42 Å². The number of carbonyl (C=O) groups is 1. The zero-order valence-corrected chi connectivity index (χ0v) is 17.9. The molecule has 0 saturated carbocycles. The standard InChI is InChI=1S/C25H16N2O5S/c28-17-10-11-22-15(12-17)13-19(24(31)32-22)21(29)14-33-25-26-20-9-5-4-8-18(20)23(30)27(25)16-6-2-1-3-7-16/h1-13,28H,14H2. The number of aromatic nitrogens is 2. The minimum Gasteiger partial charge on any atom is -0.508 e. The molecule has 0 bridgehead atoms. The molecule has 0 amide bonds. The smallest absolute Gasteiger partial charge is 0.347 e. The van der Waals surface area contributed by atoms with E-state index in [1.165, 1.54) is 28.8 Å². The van der Waals surface area contributed by atoms with Gasteiger partial charge in [0.15, 0.2) is 10.9 Å². The summed E-state index contributed by atoms with van der Waals surface area (Å²) in [5.41, 5.74) is 0.279. The van der Waals surface area contributed by atoms with Crippen molar-refractivity contribution in [1.29, 1.82) is 0 Å². The molecule has 162 valence electrons. The second kappa shape index (κ2) is 8.40. The average Bonchev–Trinajstić information content (AvgIpc) is 2.83. The van der Waals surface area contributed by atoms with Crippen LogP contribution in [0.3, 0.4) is 0 Å². The molecule has 0 fully saturated rings. The number of benzene rings is 3. The summed E-state index contributed by atoms with van der Waals surface area (Å²) in [4.78, 5) is 43.1. The minimum absolute atomic E-state index is 0.00337. The van der Waals surface area contributed by atoms with Crippen LogP contribution in [0.25, 0.3) is 27.6 Å². The third kappa shape index (κ3) is 3.92. The topological polar surface area (TPSA) is 102 Å². The van der Waals surface area contributed by atoms with Gasteiger partial charge in [-0.3, -0.25) is 14.2 Å². The fourth-order valence-corrected chi connectivity index (χ4v) is 4.42. The van der Waals surface area contributed by atoms with E-state index in [0.717, 1.165) is 11.8 Å². The molecule has 0 atom stereocenters. The molecule has 33 heavy (non-hydrogen) atoms. The molecule has 0 aliphatic rings. The van der Waals surface area contributed by atoms with Crippen molar-refractivity contribution in [2.75, 3.05) is 5.75 Å². The second-order valence-corrected chi connectivity index (χ2v) is 8.21. The molecule has 7 nitrogen and oxygen atoms in total. The van der Waals surface area contributed by atoms with Gasteiger partial charge in [-0.25, -0.2) is 9.78 Å². The Labute approximate surface area is 190 Å². The summed E-state index contributed by atoms with van der Waals surface area (Å²) < 4.78 is 6.68. The predicted molar refractivity (Wildman–Crippen MR) is 127 cm³/mol. The van der Waals surface area contributed by atoms with Crippen molar-refractivity contribution in [3.63, 3.8) is 0 Å². The van der Waals surface area contributed by atoms with Crippen molar-refractivity contribution in [2.24, 2.45) is 0 Å². The number of aromatic hydroxyl groups is 1. The number of Topliss-reactive ketones (excluding diaryl/α,β-unsaturated/α-hetero) is 1. The molecule has 3 aromatic carbocycles. The van der Waals surface area contributed by atoms with Crippen LogP contribution >= 0.6 is 11.8 Å². The van der Waals surface area contributed by atoms with Crippen molar-refractivity contribution >= 4 is 39.4 Å². The molecule has 1 N–H and O–H groups in total. The number of phenolic OH excluding ortho intramolecular Hbond substituents is 1. The maximum atomic E-state index is 13.2. The monoisotopic (exact) mass is 456 g/mol. The van der Waals surface area contributed by atoms with Gasteiger partial charge in [0.25, 0.3) is 5.56 Å². The number of para-hydroxylation sites is 2. The van der Waals surface area contributed by atoms with Gasteiger partial charge in [-0.2, -0.15) is 0 Å². The number of hydrogen-bond donors (Lipinski definition) is 1. The van der Waals surface area contributed by atoms with Crippen molar-refractivity contribution < 1.29 is 14.3 Å². The Morgan fingerprint density at radius 2 is 1.73 bits per heavy atom. The highest BCUT2D eigenvalue weighted by Crippen LogP contribution is 2.23. The van der Waals surface area contributed by atoms with Gasteiger partial charge in [-0.05, 0) is 48.5 Å². The first-order chi connectivity index (χ1) is 16.0. The summed E-state index contributed by atoms with van der Waals surface area (Å²) in [5, 5.41) is 10.9. The average molecular weight is 456 g/mol. The van der Waals surface area contributed by atoms with Crippen LogP contribution in [0.2, 0.25) is 0 Å². The Kier molecular flexibility index (Phi) is 5.27. The van der Waals surface area contributed by atoms with E-state index < -0.39 is 11.4 Å². The van der Waals surface area contributed by atoms with Crippen LogP contribution < -0.4 is 11.2 Å². The third-order valence-corrected chi connectivity index (χ3v) is 6.05. The van der Waals surface area contributed by atoms with Gasteiger partial charge in [-0.15, -0.1) is 0 Å². The molecular formula is C25H16N2O5S. The van der Waals surface area contributed by atoms with Crippen LogP contribution in [0.4, 0.5) is 0 Å². The van der Waals surface area contributed by atoms with Crippen molar-refractivity contribution in [1.82, 2.24) is 9.55 Å². The summed E-state index contributed by atoms with van der Waals surface area (Å²) in [5.74, 6) is -0.607. The van der Waals surface area contributed by atoms with E-state index in [9.17, 15) is 19.5 Å². The summed E-state index contributed by atoms with van der Waals surface area (Å²) in [7, 11) is 0. The molecule has 0 saturated heterocycles. The molecule has 8 heteroatoms. The Balaban J connectivity index is 1.54. The number of thioether (sulfide) groups is 1. The van der Waals surface area contributed by atoms with E-state index in [2.05, 4.69) is 4.98 Å². The van der Waals surface area contributed by atoms with Gasteiger partial charge in [0.1, 0.15) is 16.9 Å². The largest absolute Gasteiger partial charge is 0.508 e. The molecule has 0 aliphatic heterocycles. The lowest BCUT2D eigenvalue weighted by atomic mass is 10.1. The quantitative estimate of drug-likeness (QED) is 0.183. The first-order valence-corrected chi connectivity index (χ1v) is 11.0. The fourth-order valence-electron chi connectivity index (χ4n) is 3.53. The third-order valence-electron chi connectivity index (χ3n) is 5.11. The van der Waals surface area contributed by atoms with Crippen LogP contribution in [-0.4, -0.2) is 26.2 Å². The minimum atomic E-state index is -0.759. The first kappa shape index (κ1) is 20.7. The molecule has 0 spiro atoms. The lowest BCUT2D eigenvalue weighted by molar-refractivity contribution is 0.101. The molecule has 2 heterocycles. The number of carbonyl (C=O) groups excluding carboxylic acids is 1. The van der Waals surface area contributed by atoms with Crippen LogP contribution in [0.5, 0.6) is 5.75 Å². The van der Waals surface area contributed by atoms with Crippen LogP contribution in [0.1, 0.15) is 10.4 Å². The maximum absolute atomic E-state index is 13.2. The highest BCUT2D eigenvalue weighted by molar-refractivity contribution is 7.99. The van der Waals surface area contributed by atoms with Crippen LogP contribution in [0.15, 0.2) is 98.0 Å². The van der Waals surface area contributed by atoms with Crippen molar-refractivity contribution in [2.45, 2.75) is 5.16 Å². The Bertz CT molecular complexity index is 1640. The van der Waals surface area contributed by atoms with Gasteiger partial charge in [0.05, 0.1) is 22.3 Å². The second-order valence-electron chi connectivity index (χ2n) is 7.27. The molecule has 0 radical (unpaired) electrons. The van der Waals surface area contributed by atoms with Gasteiger partial charge in [0, 0.05) is 5.39 Å². The molecule has 5 rings (SSSR count). The van der Waals surface area contributed by atoms with Crippen LogP contribution in [0, 0.1) is 0 Å². The van der Waals surface area contributed by atoms with E-state index in [-0.39, 0.29) is 28.2 Å². The number of rotatable bonds is 5. The van der Waals surface area contributed by atoms with E-state index >= 15 is 0 Å². The van der Waals surface area contributed by atoms with Gasteiger partial charge >= 0.3 is 5.63 Å². The molecule has 5 aromatic rings. The Morgan fingerprint density at radius 3 is 2.55 bits per heavy atom. The molecule has 0 unspecified atom stereocenters. The normalized spacial score (nSPS) is 11.2. The summed E-state index contributed by atoms with van der Waals surface area (Å²) in [6.45, 7) is 0. The van der Waals surface area contributed by atoms with Gasteiger partial charge in [-0.1, -0.05) is 42.1 Å². The summed E-state index contributed by atoms with van der Waals surface area (Å²) in [6.07, 6.45) is 0. The van der Waals surface area contributed by atoms with Gasteiger partial charge < -0.3 is 9.52 Å². The predicted octanol–water partition coefficient (Wildman–Crippen LogP) is 4.17. The van der Waals surface area contributed by atoms with E-state index in [1.54, 1.807) is 36.4 Å². The first-order valence-electron chi connectivity index (χ1n) is 10.0. The lowest BCUT2D eigenvalue weighted by Gasteiger charge is -2.13. The maximum Gasteiger partial charge on any atom is 0.347 e. The molecule has 0 aliphatic carbocycles. The number of fused-ring (bicyclic) bond motifs is 2. The van der Waals surface area contributed by atoms with E-state index in [0.29, 0.717) is 27.1 Å². The highest BCUT2D eigenvalue weighted by Gasteiger charge is 2.18. The van der Waals surface area contributed by atoms with Gasteiger partial charge in [0.2, 0.25) is 0 Å². The number of ketones is 1. The van der Waals surface area contributed by atoms with Crippen LogP contribution in [-0.2, 0) is 0 Å². The number of nitrogens with zero attached hydrogens (tertiary/aromatic N) is 2. The zero-order valence-electron chi connectivity index (χ0n) is 17.1. The summed E-state index contributed by atoms with van der Waals surface area (Å²) >= 11 is 1.06. The number of hydrogen-bond acceptors (Lipinski definition) is 7. The zero-order chi connectivity index (χ0) is 22.9. The SMILES string of the molecule is O=C(CSc1nc2ccccc2c(=O)n1-c1ccccc1)c1cc2cc(O)ccc2oc1=O. The molecule has 2 aromatic heterocycles. The van der Waals surface area contributed by atoms with Crippen molar-refractivity contribution in [3.8, 4) is 11.4 Å². The Morgan fingerprint density at radius 1 is 0.970 bits per heavy atom. The molecular weight excluding hydrogens is 440 g/mol. The van der Waals surface area contributed by atoms with E-state index in [1.807, 2.05) is 18.2 Å². The summed E-state index contributed by atoms with van der Waals surface area (Å²) in [6, 6.07) is 21.7. The number of phenols is 1. The lowest BCUT2D eigenvalue weighted by Crippen LogP contribution is -2.22. The Hall–Kier alpha value is -4.17.